The average molecular weight is 277 g/mol. The molecular weight excluding hydrogens is 258 g/mol. The van der Waals surface area contributed by atoms with E-state index in [1.165, 1.54) is 12.1 Å². The van der Waals surface area contributed by atoms with Crippen molar-refractivity contribution in [3.63, 3.8) is 0 Å². The van der Waals surface area contributed by atoms with Crippen LogP contribution in [-0.4, -0.2) is 40.9 Å². The van der Waals surface area contributed by atoms with Crippen LogP contribution in [0.2, 0.25) is 0 Å². The van der Waals surface area contributed by atoms with E-state index in [4.69, 9.17) is 0 Å². The number of nitro benzene ring substituents is 1. The van der Waals surface area contributed by atoms with Gasteiger partial charge in [-0.25, -0.2) is 0 Å². The molecule has 2 rings (SSSR count). The van der Waals surface area contributed by atoms with E-state index in [0.29, 0.717) is 12.1 Å². The number of rotatable bonds is 3. The highest BCUT2D eigenvalue weighted by molar-refractivity contribution is 5.79. The van der Waals surface area contributed by atoms with Gasteiger partial charge in [0.1, 0.15) is 0 Å². The molecule has 0 spiro atoms. The zero-order valence-corrected chi connectivity index (χ0v) is 11.7. The fourth-order valence-electron chi connectivity index (χ4n) is 2.46. The molecule has 1 aromatic rings. The number of nitrogens with one attached hydrogen (secondary N) is 1. The lowest BCUT2D eigenvalue weighted by atomic mass is 10.0. The Hall–Kier alpha value is -1.95. The van der Waals surface area contributed by atoms with Crippen molar-refractivity contribution in [1.82, 2.24) is 10.2 Å². The Morgan fingerprint density at radius 1 is 1.50 bits per heavy atom. The molecule has 0 saturated carbocycles. The Bertz CT molecular complexity index is 518. The van der Waals surface area contributed by atoms with Crippen molar-refractivity contribution >= 4 is 11.6 Å². The molecule has 20 heavy (non-hydrogen) atoms. The van der Waals surface area contributed by atoms with Crippen molar-refractivity contribution in [3.05, 3.63) is 39.9 Å². The molecule has 6 nitrogen and oxygen atoms in total. The third kappa shape index (κ3) is 3.14. The summed E-state index contributed by atoms with van der Waals surface area (Å²) < 4.78 is 0. The van der Waals surface area contributed by atoms with E-state index >= 15 is 0 Å². The molecule has 1 amide bonds. The van der Waals surface area contributed by atoms with Crippen LogP contribution in [0.4, 0.5) is 5.69 Å². The fourth-order valence-corrected chi connectivity index (χ4v) is 2.46. The van der Waals surface area contributed by atoms with Gasteiger partial charge in [0, 0.05) is 37.3 Å². The molecule has 1 N–H and O–H groups in total. The molecule has 0 radical (unpaired) electrons. The number of nitro groups is 1. The van der Waals surface area contributed by atoms with Gasteiger partial charge in [-0.15, -0.1) is 0 Å². The molecule has 1 heterocycles. The summed E-state index contributed by atoms with van der Waals surface area (Å²) in [6.07, 6.45) is 0.207. The highest BCUT2D eigenvalue weighted by Gasteiger charge is 2.27. The van der Waals surface area contributed by atoms with E-state index < -0.39 is 4.92 Å². The van der Waals surface area contributed by atoms with Crippen molar-refractivity contribution in [2.45, 2.75) is 32.4 Å². The number of carbonyl (C=O) groups excluding carboxylic acids is 1. The summed E-state index contributed by atoms with van der Waals surface area (Å²) in [5.74, 6) is 0.0198. The first-order valence-electron chi connectivity index (χ1n) is 6.75. The van der Waals surface area contributed by atoms with Crippen LogP contribution in [0.5, 0.6) is 0 Å². The maximum Gasteiger partial charge on any atom is 0.269 e. The fraction of sp³-hybridized carbons (Fsp3) is 0.500. The first-order valence-corrected chi connectivity index (χ1v) is 6.75. The number of piperazine rings is 1. The average Bonchev–Trinajstić information content (AvgIpc) is 2.42. The van der Waals surface area contributed by atoms with Crippen molar-refractivity contribution in [3.8, 4) is 0 Å². The molecule has 1 fully saturated rings. The maximum absolute atomic E-state index is 12.3. The molecular formula is C14H19N3O3. The number of hydrogen-bond donors (Lipinski definition) is 1. The monoisotopic (exact) mass is 277 g/mol. The van der Waals surface area contributed by atoms with E-state index in [9.17, 15) is 14.9 Å². The Kier molecular flexibility index (Phi) is 4.34. The van der Waals surface area contributed by atoms with Crippen LogP contribution in [0.1, 0.15) is 19.4 Å². The van der Waals surface area contributed by atoms with Gasteiger partial charge < -0.3 is 10.2 Å². The molecule has 6 heteroatoms. The molecule has 1 saturated heterocycles. The minimum absolute atomic E-state index is 0.0198. The van der Waals surface area contributed by atoms with Gasteiger partial charge in [0.15, 0.2) is 0 Å². The molecule has 1 aromatic carbocycles. The zero-order chi connectivity index (χ0) is 14.7. The highest BCUT2D eigenvalue weighted by Crippen LogP contribution is 2.16. The summed E-state index contributed by atoms with van der Waals surface area (Å²) in [6, 6.07) is 6.66. The topological polar surface area (TPSA) is 75.5 Å². The Morgan fingerprint density at radius 2 is 2.25 bits per heavy atom. The lowest BCUT2D eigenvalue weighted by Gasteiger charge is -2.38. The molecule has 1 aliphatic heterocycles. The maximum atomic E-state index is 12.3. The Morgan fingerprint density at radius 3 is 2.95 bits per heavy atom. The number of nitrogens with zero attached hydrogens (tertiary/aromatic N) is 2. The summed E-state index contributed by atoms with van der Waals surface area (Å²) in [5, 5.41) is 14.1. The van der Waals surface area contributed by atoms with Crippen LogP contribution in [0.25, 0.3) is 0 Å². The summed E-state index contributed by atoms with van der Waals surface area (Å²) in [5.41, 5.74) is 0.708. The van der Waals surface area contributed by atoms with Gasteiger partial charge in [0.05, 0.1) is 11.3 Å². The van der Waals surface area contributed by atoms with Gasteiger partial charge in [-0.3, -0.25) is 14.9 Å². The third-order valence-corrected chi connectivity index (χ3v) is 3.83. The van der Waals surface area contributed by atoms with Gasteiger partial charge in [0.2, 0.25) is 5.91 Å². The van der Waals surface area contributed by atoms with Crippen molar-refractivity contribution in [2.24, 2.45) is 0 Å². The van der Waals surface area contributed by atoms with Crippen LogP contribution in [0.3, 0.4) is 0 Å². The van der Waals surface area contributed by atoms with Gasteiger partial charge in [0.25, 0.3) is 5.69 Å². The quantitative estimate of drug-likeness (QED) is 0.668. The van der Waals surface area contributed by atoms with E-state index in [1.807, 2.05) is 11.8 Å². The standard InChI is InChI=1S/C14H19N3O3/c1-10-11(2)16(7-6-15-10)14(18)9-12-4-3-5-13(8-12)17(19)20/h3-5,8,10-11,15H,6-7,9H2,1-2H3. The van der Waals surface area contributed by atoms with Crippen LogP contribution in [0.15, 0.2) is 24.3 Å². The predicted octanol–water partition coefficient (Wildman–Crippen LogP) is 1.35. The summed E-state index contributed by atoms with van der Waals surface area (Å²) >= 11 is 0. The van der Waals surface area contributed by atoms with E-state index in [-0.39, 0.29) is 30.1 Å². The van der Waals surface area contributed by atoms with E-state index in [0.717, 1.165) is 6.54 Å². The second kappa shape index (κ2) is 6.00. The Labute approximate surface area is 117 Å². The molecule has 0 aliphatic carbocycles. The van der Waals surface area contributed by atoms with Gasteiger partial charge in [-0.2, -0.15) is 0 Å². The lowest BCUT2D eigenvalue weighted by molar-refractivity contribution is -0.384. The second-order valence-corrected chi connectivity index (χ2v) is 5.17. The zero-order valence-electron chi connectivity index (χ0n) is 11.7. The van der Waals surface area contributed by atoms with Crippen molar-refractivity contribution in [2.75, 3.05) is 13.1 Å². The van der Waals surface area contributed by atoms with E-state index in [2.05, 4.69) is 12.2 Å². The van der Waals surface area contributed by atoms with Gasteiger partial charge in [-0.1, -0.05) is 12.1 Å². The second-order valence-electron chi connectivity index (χ2n) is 5.17. The molecule has 2 atom stereocenters. The number of hydrogen-bond acceptors (Lipinski definition) is 4. The summed E-state index contributed by atoms with van der Waals surface area (Å²) in [6.45, 7) is 5.53. The third-order valence-electron chi connectivity index (χ3n) is 3.83. The number of benzene rings is 1. The smallest absolute Gasteiger partial charge is 0.269 e. The molecule has 108 valence electrons. The van der Waals surface area contributed by atoms with Gasteiger partial charge in [-0.05, 0) is 19.4 Å². The molecule has 2 unspecified atom stereocenters. The lowest BCUT2D eigenvalue weighted by Crippen LogP contribution is -2.57. The number of carbonyl (C=O) groups is 1. The number of non-ortho nitro benzene ring substituents is 1. The normalized spacial score (nSPS) is 22.6. The van der Waals surface area contributed by atoms with Crippen LogP contribution in [-0.2, 0) is 11.2 Å². The van der Waals surface area contributed by atoms with Crippen LogP contribution in [0, 0.1) is 10.1 Å². The van der Waals surface area contributed by atoms with Gasteiger partial charge >= 0.3 is 0 Å². The first-order chi connectivity index (χ1) is 9.49. The largest absolute Gasteiger partial charge is 0.337 e. The SMILES string of the molecule is CC1NCCN(C(=O)Cc2cccc([N+](=O)[O-])c2)C1C. The van der Waals surface area contributed by atoms with Crippen LogP contribution < -0.4 is 5.32 Å². The highest BCUT2D eigenvalue weighted by atomic mass is 16.6. The van der Waals surface area contributed by atoms with E-state index in [1.54, 1.807) is 12.1 Å². The molecule has 0 aromatic heterocycles. The predicted molar refractivity (Wildman–Crippen MR) is 75.4 cm³/mol. The Balaban J connectivity index is 2.07. The van der Waals surface area contributed by atoms with Crippen LogP contribution >= 0.6 is 0 Å². The summed E-state index contributed by atoms with van der Waals surface area (Å²) in [7, 11) is 0. The molecule has 0 bridgehead atoms. The first kappa shape index (κ1) is 14.5. The van der Waals surface area contributed by atoms with Crippen molar-refractivity contribution in [1.29, 1.82) is 0 Å². The number of amides is 1. The molecule has 1 aliphatic rings. The minimum Gasteiger partial charge on any atom is -0.337 e. The minimum atomic E-state index is -0.441. The van der Waals surface area contributed by atoms with Crippen molar-refractivity contribution < 1.29 is 9.72 Å². The summed E-state index contributed by atoms with van der Waals surface area (Å²) in [4.78, 5) is 24.5.